The summed E-state index contributed by atoms with van der Waals surface area (Å²) < 4.78 is 7.63. The third-order valence-electron chi connectivity index (χ3n) is 3.15. The fourth-order valence-corrected chi connectivity index (χ4v) is 2.85. The van der Waals surface area contributed by atoms with Crippen LogP contribution in [0.25, 0.3) is 0 Å². The van der Waals surface area contributed by atoms with Crippen LogP contribution in [-0.4, -0.2) is 28.6 Å². The van der Waals surface area contributed by atoms with Crippen molar-refractivity contribution in [3.8, 4) is 0 Å². The number of ether oxygens (including phenoxy) is 1. The molecule has 0 aliphatic heterocycles. The number of benzene rings is 1. The van der Waals surface area contributed by atoms with Crippen LogP contribution in [0.3, 0.4) is 0 Å². The minimum Gasteiger partial charge on any atom is -0.383 e. The molecule has 2 rings (SSSR count). The summed E-state index contributed by atoms with van der Waals surface area (Å²) >= 11 is 9.61. The Bertz CT molecular complexity index is 599. The van der Waals surface area contributed by atoms with Gasteiger partial charge in [-0.3, -0.25) is 4.68 Å². The molecule has 1 unspecified atom stereocenters. The molecule has 1 heterocycles. The highest BCUT2D eigenvalue weighted by molar-refractivity contribution is 9.10. The first kappa shape index (κ1) is 15.5. The molecule has 0 spiro atoms. The lowest BCUT2D eigenvalue weighted by molar-refractivity contribution is 0.0883. The molecular formula is C14H16BrClN2O2. The molecule has 108 valence electrons. The van der Waals surface area contributed by atoms with Crippen LogP contribution in [0.4, 0.5) is 0 Å². The zero-order valence-electron chi connectivity index (χ0n) is 11.3. The summed E-state index contributed by atoms with van der Waals surface area (Å²) in [7, 11) is 1.62. The van der Waals surface area contributed by atoms with Gasteiger partial charge in [-0.25, -0.2) is 0 Å². The van der Waals surface area contributed by atoms with Crippen molar-refractivity contribution >= 4 is 27.5 Å². The molecule has 0 saturated heterocycles. The van der Waals surface area contributed by atoms with Gasteiger partial charge in [0.1, 0.15) is 5.60 Å². The molecule has 2 aromatic rings. The zero-order valence-corrected chi connectivity index (χ0v) is 13.6. The van der Waals surface area contributed by atoms with E-state index < -0.39 is 5.60 Å². The summed E-state index contributed by atoms with van der Waals surface area (Å²) in [6.07, 6.45) is 1.54. The van der Waals surface area contributed by atoms with Crippen molar-refractivity contribution in [2.75, 3.05) is 13.7 Å². The van der Waals surface area contributed by atoms with Crippen molar-refractivity contribution in [3.63, 3.8) is 0 Å². The molecule has 0 aliphatic carbocycles. The van der Waals surface area contributed by atoms with Gasteiger partial charge in [-0.05, 0) is 24.6 Å². The standard InChI is InChI=1S/C14H16BrClN2O2/c1-14(19,10-4-3-5-11(15)8-10)13-12(16)9-17-18(13)6-7-20-2/h3-5,8-9,19H,6-7H2,1-2H3. The van der Waals surface area contributed by atoms with Crippen LogP contribution in [-0.2, 0) is 16.9 Å². The van der Waals surface area contributed by atoms with Crippen LogP contribution in [0, 0.1) is 0 Å². The van der Waals surface area contributed by atoms with E-state index in [1.807, 2.05) is 24.3 Å². The van der Waals surface area contributed by atoms with E-state index >= 15 is 0 Å². The van der Waals surface area contributed by atoms with Gasteiger partial charge in [-0.15, -0.1) is 0 Å². The van der Waals surface area contributed by atoms with Crippen molar-refractivity contribution in [2.24, 2.45) is 0 Å². The average Bonchev–Trinajstić information content (AvgIpc) is 2.78. The van der Waals surface area contributed by atoms with E-state index in [0.29, 0.717) is 23.9 Å². The van der Waals surface area contributed by atoms with Crippen LogP contribution < -0.4 is 0 Å². The van der Waals surface area contributed by atoms with Gasteiger partial charge in [0.15, 0.2) is 0 Å². The van der Waals surface area contributed by atoms with E-state index in [2.05, 4.69) is 21.0 Å². The fraction of sp³-hybridized carbons (Fsp3) is 0.357. The van der Waals surface area contributed by atoms with Gasteiger partial charge in [-0.2, -0.15) is 5.10 Å². The molecule has 20 heavy (non-hydrogen) atoms. The second-order valence-electron chi connectivity index (χ2n) is 4.64. The maximum Gasteiger partial charge on any atom is 0.130 e. The van der Waals surface area contributed by atoms with E-state index in [1.54, 1.807) is 24.9 Å². The van der Waals surface area contributed by atoms with E-state index in [4.69, 9.17) is 16.3 Å². The minimum absolute atomic E-state index is 0.436. The minimum atomic E-state index is -1.23. The highest BCUT2D eigenvalue weighted by Crippen LogP contribution is 2.34. The van der Waals surface area contributed by atoms with Gasteiger partial charge >= 0.3 is 0 Å². The highest BCUT2D eigenvalue weighted by atomic mass is 79.9. The number of hydrogen-bond acceptors (Lipinski definition) is 3. The Labute approximate surface area is 131 Å². The molecular weight excluding hydrogens is 344 g/mol. The normalized spacial score (nSPS) is 14.2. The summed E-state index contributed by atoms with van der Waals surface area (Å²) in [6.45, 7) is 2.74. The van der Waals surface area contributed by atoms with Crippen LogP contribution in [0.1, 0.15) is 18.2 Å². The van der Waals surface area contributed by atoms with Gasteiger partial charge in [0, 0.05) is 11.6 Å². The predicted molar refractivity (Wildman–Crippen MR) is 81.9 cm³/mol. The molecule has 6 heteroatoms. The lowest BCUT2D eigenvalue weighted by Gasteiger charge is -2.26. The lowest BCUT2D eigenvalue weighted by Crippen LogP contribution is -2.28. The molecule has 1 aromatic heterocycles. The van der Waals surface area contributed by atoms with Crippen LogP contribution in [0.5, 0.6) is 0 Å². The highest BCUT2D eigenvalue weighted by Gasteiger charge is 2.32. The van der Waals surface area contributed by atoms with Crippen molar-refractivity contribution in [2.45, 2.75) is 19.1 Å². The Morgan fingerprint density at radius 2 is 2.25 bits per heavy atom. The third kappa shape index (κ3) is 3.06. The zero-order chi connectivity index (χ0) is 14.8. The lowest BCUT2D eigenvalue weighted by atomic mass is 9.92. The summed E-state index contributed by atoms with van der Waals surface area (Å²) in [5.41, 5.74) is 0.0766. The quantitative estimate of drug-likeness (QED) is 0.892. The Kier molecular flexibility index (Phi) is 4.86. The van der Waals surface area contributed by atoms with Crippen molar-refractivity contribution in [3.05, 3.63) is 51.2 Å². The third-order valence-corrected chi connectivity index (χ3v) is 3.92. The number of halogens is 2. The van der Waals surface area contributed by atoms with E-state index in [1.165, 1.54) is 0 Å². The fourth-order valence-electron chi connectivity index (χ4n) is 2.12. The van der Waals surface area contributed by atoms with Crippen molar-refractivity contribution in [1.29, 1.82) is 0 Å². The van der Waals surface area contributed by atoms with Gasteiger partial charge in [0.25, 0.3) is 0 Å². The van der Waals surface area contributed by atoms with Crippen molar-refractivity contribution < 1.29 is 9.84 Å². The molecule has 1 atom stereocenters. The van der Waals surface area contributed by atoms with Crippen LogP contribution >= 0.6 is 27.5 Å². The van der Waals surface area contributed by atoms with E-state index in [0.717, 1.165) is 10.0 Å². The maximum absolute atomic E-state index is 10.9. The molecule has 0 saturated carbocycles. The summed E-state index contributed by atoms with van der Waals surface area (Å²) in [6, 6.07) is 7.50. The average molecular weight is 360 g/mol. The summed E-state index contributed by atoms with van der Waals surface area (Å²) in [5.74, 6) is 0. The van der Waals surface area contributed by atoms with Crippen LogP contribution in [0.15, 0.2) is 34.9 Å². The topological polar surface area (TPSA) is 47.3 Å². The number of nitrogens with zero attached hydrogens (tertiary/aromatic N) is 2. The first-order valence-corrected chi connectivity index (χ1v) is 7.33. The largest absolute Gasteiger partial charge is 0.383 e. The number of rotatable bonds is 5. The summed E-state index contributed by atoms with van der Waals surface area (Å²) in [5, 5.41) is 15.6. The maximum atomic E-state index is 10.9. The number of methoxy groups -OCH3 is 1. The summed E-state index contributed by atoms with van der Waals surface area (Å²) in [4.78, 5) is 0. The Balaban J connectivity index is 2.45. The van der Waals surface area contributed by atoms with Gasteiger partial charge in [0.05, 0.1) is 30.1 Å². The molecule has 0 amide bonds. The molecule has 0 aliphatic rings. The predicted octanol–water partition coefficient (Wildman–Crippen LogP) is 3.20. The molecule has 1 aromatic carbocycles. The smallest absolute Gasteiger partial charge is 0.130 e. The Hall–Kier alpha value is -0.880. The number of aromatic nitrogens is 2. The first-order chi connectivity index (χ1) is 9.46. The number of hydrogen-bond donors (Lipinski definition) is 1. The van der Waals surface area contributed by atoms with Gasteiger partial charge < -0.3 is 9.84 Å². The molecule has 4 nitrogen and oxygen atoms in total. The molecule has 1 N–H and O–H groups in total. The SMILES string of the molecule is COCCn1ncc(Cl)c1C(C)(O)c1cccc(Br)c1. The van der Waals surface area contributed by atoms with Gasteiger partial charge in [-0.1, -0.05) is 39.7 Å². The van der Waals surface area contributed by atoms with Crippen molar-refractivity contribution in [1.82, 2.24) is 9.78 Å². The molecule has 0 radical (unpaired) electrons. The van der Waals surface area contributed by atoms with E-state index in [-0.39, 0.29) is 0 Å². The monoisotopic (exact) mass is 358 g/mol. The van der Waals surface area contributed by atoms with E-state index in [9.17, 15) is 5.11 Å². The van der Waals surface area contributed by atoms with Gasteiger partial charge in [0.2, 0.25) is 0 Å². The Morgan fingerprint density at radius 1 is 1.50 bits per heavy atom. The molecule has 0 bridgehead atoms. The van der Waals surface area contributed by atoms with Crippen LogP contribution in [0.2, 0.25) is 5.02 Å². The second kappa shape index (κ2) is 6.26. The molecule has 0 fully saturated rings. The second-order valence-corrected chi connectivity index (χ2v) is 5.96. The number of aliphatic hydroxyl groups is 1. The first-order valence-electron chi connectivity index (χ1n) is 6.16. The Morgan fingerprint density at radius 3 is 2.90 bits per heavy atom.